The average molecular weight is 1100 g/mol. The van der Waals surface area contributed by atoms with Gasteiger partial charge >= 0.3 is 11.9 Å². The van der Waals surface area contributed by atoms with Crippen LogP contribution in [0.15, 0.2) is 48.1 Å². The maximum absolute atomic E-state index is 13.3. The third kappa shape index (κ3) is 24.4. The number of nitrogens with one attached hydrogen (secondary N) is 4. The van der Waals surface area contributed by atoms with Gasteiger partial charge in [0, 0.05) is 78.8 Å². The Morgan fingerprint density at radius 2 is 1.15 bits per heavy atom. The van der Waals surface area contributed by atoms with Crippen molar-refractivity contribution in [3.63, 3.8) is 0 Å². The number of carbonyl (C=O) groups is 10. The predicted octanol–water partition coefficient (Wildman–Crippen LogP) is 6.91. The zero-order chi connectivity index (χ0) is 55.5. The third-order valence-corrected chi connectivity index (χ3v) is 15.2. The highest BCUT2D eigenvalue weighted by atomic mass is 33.1. The van der Waals surface area contributed by atoms with Crippen LogP contribution in [0.25, 0.3) is 0 Å². The van der Waals surface area contributed by atoms with Crippen molar-refractivity contribution in [2.24, 2.45) is 35.5 Å². The number of cyclic esters (lactones) is 1. The van der Waals surface area contributed by atoms with Gasteiger partial charge in [0.2, 0.25) is 23.6 Å². The zero-order valence-electron chi connectivity index (χ0n) is 44.6. The molecule has 0 spiro atoms. The lowest BCUT2D eigenvalue weighted by Gasteiger charge is -2.26. The number of hydrogen-bond acceptors (Lipinski definition) is 16. The standard InChI is InChI=1S/C26H38N2O6S2.C23H36N2O6S.C4H8S/c1-6-17-11-22(30)21-14-36-35-10-8-7-9-19(34-26(33)23(16(4)5)28-24(17)31)12-18(29)13-20(15(2)3)25(32)27-21;1-7-15-9-19(27)18(11-32)24-22(29)17(12(2)3)10-16(26)8-14(6)31-23(30)20(13(4)5)25-21(15)28;1-2-3-4-5/h6-7,9,15-16,19-21,23H,8,10-14H2,1-5H3,(H,27,32)(H,28,31);7,12-14,17-18,20,32H,8-11H2,1-6H3,(H,24,29)(H,25,28);2,5H,1,3-4H2/b9-7+,17-6+;15-7+;/t19-,20+,21+,23-;14-,17+,18+,20-;/m00./s1. The summed E-state index contributed by atoms with van der Waals surface area (Å²) in [7, 11) is 3.05. The van der Waals surface area contributed by atoms with Crippen LogP contribution in [-0.2, 0) is 57.4 Å². The maximum Gasteiger partial charge on any atom is 0.329 e. The lowest BCUT2D eigenvalue weighted by Crippen LogP contribution is -2.49. The molecule has 20 heteroatoms. The second kappa shape index (κ2) is 35.2. The van der Waals surface area contributed by atoms with Crippen LogP contribution in [0.3, 0.4) is 0 Å². The molecule has 3 aliphatic heterocycles. The van der Waals surface area contributed by atoms with E-state index in [1.807, 2.05) is 39.8 Å². The lowest BCUT2D eigenvalue weighted by molar-refractivity contribution is -0.154. The van der Waals surface area contributed by atoms with Crippen molar-refractivity contribution in [1.82, 2.24) is 21.3 Å². The van der Waals surface area contributed by atoms with E-state index in [4.69, 9.17) is 9.47 Å². The SMILES string of the molecule is C/C=C1\CC(=O)[C@@H](CS)NC(=O)[C@@H](C(C)C)CC(=O)C[C@H](C)OC(=O)[C@H](C(C)C)NC1=O.C/C=C1\CC(=O)[C@H]2CSSCC/C=C/[C@@H](CC(=O)C[C@H](C(C)C)C(=O)N2)OC(=O)[C@H](C(C)C)NC1=O.C=CCCS. The second-order valence-electron chi connectivity index (χ2n) is 19.6. The Morgan fingerprint density at radius 1 is 0.658 bits per heavy atom. The van der Waals surface area contributed by atoms with Crippen LogP contribution in [0, 0.1) is 35.5 Å². The number of ketones is 4. The molecule has 0 saturated carbocycles. The van der Waals surface area contributed by atoms with E-state index >= 15 is 0 Å². The molecule has 16 nitrogen and oxygen atoms in total. The van der Waals surface area contributed by atoms with Crippen LogP contribution >= 0.6 is 46.8 Å². The van der Waals surface area contributed by atoms with Crippen molar-refractivity contribution in [3.8, 4) is 0 Å². The van der Waals surface area contributed by atoms with Gasteiger partial charge in [-0.15, -0.1) is 6.58 Å². The summed E-state index contributed by atoms with van der Waals surface area (Å²) in [5, 5.41) is 10.9. The number of thiol groups is 2. The largest absolute Gasteiger partial charge is 0.461 e. The van der Waals surface area contributed by atoms with Crippen LogP contribution in [0.2, 0.25) is 0 Å². The molecule has 0 unspecified atom stereocenters. The molecule has 2 fully saturated rings. The minimum Gasteiger partial charge on any atom is -0.461 e. The highest BCUT2D eigenvalue weighted by molar-refractivity contribution is 8.76. The quantitative estimate of drug-likeness (QED) is 0.0500. The first kappa shape index (κ1) is 66.9. The number of carbonyl (C=O) groups excluding carboxylic acids is 10. The number of rotatable bonds is 7. The number of amides is 4. The monoisotopic (exact) mass is 1090 g/mol. The van der Waals surface area contributed by atoms with E-state index in [0.717, 1.165) is 17.9 Å². The van der Waals surface area contributed by atoms with E-state index in [2.05, 4.69) is 53.1 Å². The molecular formula is C53H82N4O12S4. The van der Waals surface area contributed by atoms with Crippen LogP contribution in [0.1, 0.15) is 128 Å². The molecule has 4 N–H and O–H groups in total. The molecule has 3 aliphatic rings. The van der Waals surface area contributed by atoms with Gasteiger partial charge in [0.15, 0.2) is 11.6 Å². The van der Waals surface area contributed by atoms with Gasteiger partial charge in [-0.1, -0.05) is 101 Å². The molecule has 2 bridgehead atoms. The summed E-state index contributed by atoms with van der Waals surface area (Å²) in [4.78, 5) is 129. The molecule has 3 heterocycles. The highest BCUT2D eigenvalue weighted by Gasteiger charge is 2.36. The van der Waals surface area contributed by atoms with Crippen LogP contribution in [-0.4, -0.2) is 118 Å². The molecule has 0 aromatic carbocycles. The maximum atomic E-state index is 13.3. The Kier molecular flexibility index (Phi) is 32.2. The van der Waals surface area contributed by atoms with Crippen molar-refractivity contribution in [3.05, 3.63) is 48.1 Å². The van der Waals surface area contributed by atoms with Crippen molar-refractivity contribution < 1.29 is 57.4 Å². The highest BCUT2D eigenvalue weighted by Crippen LogP contribution is 2.27. The Hall–Kier alpha value is -4.14. The van der Waals surface area contributed by atoms with E-state index < -0.39 is 77.9 Å². The summed E-state index contributed by atoms with van der Waals surface area (Å²) in [6.07, 6.45) is 8.14. The van der Waals surface area contributed by atoms with Crippen LogP contribution in [0.5, 0.6) is 0 Å². The van der Waals surface area contributed by atoms with Crippen molar-refractivity contribution in [2.75, 3.05) is 23.0 Å². The second-order valence-corrected chi connectivity index (χ2v) is 23.0. The molecule has 0 aliphatic carbocycles. The number of hydrogen-bond donors (Lipinski definition) is 6. The summed E-state index contributed by atoms with van der Waals surface area (Å²) in [6, 6.07) is -3.58. The summed E-state index contributed by atoms with van der Waals surface area (Å²) < 4.78 is 11.1. The van der Waals surface area contributed by atoms with Crippen molar-refractivity contribution >= 4 is 106 Å². The Morgan fingerprint density at radius 3 is 1.60 bits per heavy atom. The molecule has 4 amide bonds. The fourth-order valence-electron chi connectivity index (χ4n) is 7.49. The molecule has 2 saturated heterocycles. The molecule has 3 rings (SSSR count). The Labute approximate surface area is 452 Å². The van der Waals surface area contributed by atoms with E-state index in [-0.39, 0.29) is 108 Å². The minimum atomic E-state index is -0.942. The minimum absolute atomic E-state index is 0.0152. The number of fused-ring (bicyclic) bond motifs is 7. The molecule has 410 valence electrons. The van der Waals surface area contributed by atoms with E-state index in [9.17, 15) is 47.9 Å². The summed E-state index contributed by atoms with van der Waals surface area (Å²) in [6.45, 7) is 22.9. The number of esters is 2. The van der Waals surface area contributed by atoms with Gasteiger partial charge in [0.05, 0.1) is 12.1 Å². The fourth-order valence-corrected chi connectivity index (χ4v) is 10.2. The van der Waals surface area contributed by atoms with E-state index in [1.165, 1.54) is 16.9 Å². The van der Waals surface area contributed by atoms with Gasteiger partial charge in [0.25, 0.3) is 0 Å². The first-order valence-electron chi connectivity index (χ1n) is 25.1. The third-order valence-electron chi connectivity index (χ3n) is 12.1. The molecule has 0 aromatic heterocycles. The van der Waals surface area contributed by atoms with Gasteiger partial charge in [-0.05, 0) is 69.1 Å². The fraction of sp³-hybridized carbons (Fsp3) is 0.660. The lowest BCUT2D eigenvalue weighted by atomic mass is 9.88. The molecule has 0 aromatic rings. The first-order valence-corrected chi connectivity index (χ1v) is 28.9. The van der Waals surface area contributed by atoms with Gasteiger partial charge < -0.3 is 30.7 Å². The van der Waals surface area contributed by atoms with Crippen molar-refractivity contribution in [1.29, 1.82) is 0 Å². The normalized spacial score (nSPS) is 27.9. The summed E-state index contributed by atoms with van der Waals surface area (Å²) in [5.41, 5.74) is 0.406. The van der Waals surface area contributed by atoms with Gasteiger partial charge in [0.1, 0.15) is 35.9 Å². The molecular weight excluding hydrogens is 1010 g/mol. The smallest absolute Gasteiger partial charge is 0.329 e. The number of Topliss-reactive ketones (excluding diaryl/α,β-unsaturated/α-hetero) is 4. The van der Waals surface area contributed by atoms with Crippen LogP contribution in [0.4, 0.5) is 0 Å². The van der Waals surface area contributed by atoms with Crippen LogP contribution < -0.4 is 21.3 Å². The Balaban J connectivity index is 0.000000671. The molecule has 8 atom stereocenters. The zero-order valence-corrected chi connectivity index (χ0v) is 48.0. The summed E-state index contributed by atoms with van der Waals surface area (Å²) in [5.74, 6) is -4.29. The van der Waals surface area contributed by atoms with Crippen molar-refractivity contribution in [2.45, 2.75) is 164 Å². The van der Waals surface area contributed by atoms with E-state index in [0.29, 0.717) is 12.2 Å². The van der Waals surface area contributed by atoms with Gasteiger partial charge in [-0.2, -0.15) is 25.3 Å². The molecule has 0 radical (unpaired) electrons. The Bertz CT molecular complexity index is 2020. The first-order chi connectivity index (χ1) is 34.3. The number of allylic oxidation sites excluding steroid dienone is 4. The predicted molar refractivity (Wildman–Crippen MR) is 296 cm³/mol. The van der Waals surface area contributed by atoms with E-state index in [1.54, 1.807) is 71.4 Å². The molecule has 73 heavy (non-hydrogen) atoms. The number of ether oxygens (including phenoxy) is 2. The summed E-state index contributed by atoms with van der Waals surface area (Å²) >= 11 is 8.12. The average Bonchev–Trinajstić information content (AvgIpc) is 3.31. The topological polar surface area (TPSA) is 237 Å². The van der Waals surface area contributed by atoms with Gasteiger partial charge in [-0.3, -0.25) is 38.4 Å². The van der Waals surface area contributed by atoms with Gasteiger partial charge in [-0.25, -0.2) is 9.59 Å².